The maximum absolute atomic E-state index is 11.0. The van der Waals surface area contributed by atoms with Gasteiger partial charge in [-0.2, -0.15) is 0 Å². The third kappa shape index (κ3) is 2.12. The highest BCUT2D eigenvalue weighted by Crippen LogP contribution is 2.27. The molecule has 0 amide bonds. The summed E-state index contributed by atoms with van der Waals surface area (Å²) in [7, 11) is 0. The minimum absolute atomic E-state index is 0.332. The van der Waals surface area contributed by atoms with E-state index in [1.807, 2.05) is 19.1 Å². The minimum atomic E-state index is -0.589. The Hall–Kier alpha value is -2.50. The highest BCUT2D eigenvalue weighted by molar-refractivity contribution is 5.71. The summed E-state index contributed by atoms with van der Waals surface area (Å²) in [5, 5.41) is 3.67. The Labute approximate surface area is 108 Å². The number of hydrogen-bond donors (Lipinski definition) is 1. The Kier molecular flexibility index (Phi) is 2.83. The lowest BCUT2D eigenvalue weighted by molar-refractivity contribution is 0.387. The molecular formula is C13H12N4O2. The summed E-state index contributed by atoms with van der Waals surface area (Å²) in [5.74, 6) is -0.257. The molecule has 2 aromatic rings. The number of hydrogen-bond acceptors (Lipinski definition) is 5. The van der Waals surface area contributed by atoms with Gasteiger partial charge in [0.1, 0.15) is 12.0 Å². The Morgan fingerprint density at radius 3 is 2.84 bits per heavy atom. The van der Waals surface area contributed by atoms with E-state index in [2.05, 4.69) is 30.7 Å². The van der Waals surface area contributed by atoms with Gasteiger partial charge >= 0.3 is 5.76 Å². The summed E-state index contributed by atoms with van der Waals surface area (Å²) < 4.78 is 4.51. The molecule has 3 rings (SSSR count). The molecule has 1 aliphatic carbocycles. The van der Waals surface area contributed by atoms with Crippen LogP contribution in [-0.4, -0.2) is 20.1 Å². The second-order valence-corrected chi connectivity index (χ2v) is 4.30. The quantitative estimate of drug-likeness (QED) is 0.886. The normalized spacial score (nSPS) is 14.5. The van der Waals surface area contributed by atoms with Gasteiger partial charge in [0.15, 0.2) is 0 Å². The molecule has 0 spiro atoms. The van der Waals surface area contributed by atoms with Crippen LogP contribution in [0.1, 0.15) is 24.1 Å². The van der Waals surface area contributed by atoms with Crippen molar-refractivity contribution in [3.63, 3.8) is 0 Å². The zero-order valence-corrected chi connectivity index (χ0v) is 10.4. The Morgan fingerprint density at radius 2 is 2.16 bits per heavy atom. The van der Waals surface area contributed by atoms with E-state index >= 15 is 0 Å². The Morgan fingerprint density at radius 1 is 1.32 bits per heavy atom. The number of allylic oxidation sites excluding steroid dienone is 4. The molecule has 96 valence electrons. The number of aromatic amines is 1. The summed E-state index contributed by atoms with van der Waals surface area (Å²) in [6, 6.07) is 0. The summed E-state index contributed by atoms with van der Waals surface area (Å²) in [5.41, 5.74) is 3.52. The van der Waals surface area contributed by atoms with Gasteiger partial charge in [0, 0.05) is 5.56 Å². The average Bonchev–Trinajstić information content (AvgIpc) is 2.86. The molecule has 0 bridgehead atoms. The van der Waals surface area contributed by atoms with E-state index in [1.165, 1.54) is 6.33 Å². The number of rotatable bonds is 2. The smallest absolute Gasteiger partial charge is 0.296 e. The van der Waals surface area contributed by atoms with Gasteiger partial charge in [-0.3, -0.25) is 9.51 Å². The van der Waals surface area contributed by atoms with Crippen molar-refractivity contribution in [2.24, 2.45) is 0 Å². The van der Waals surface area contributed by atoms with E-state index in [0.717, 1.165) is 29.7 Å². The molecule has 0 atom stereocenters. The molecule has 1 aliphatic rings. The maximum atomic E-state index is 11.0. The van der Waals surface area contributed by atoms with Crippen molar-refractivity contribution in [1.82, 2.24) is 20.1 Å². The van der Waals surface area contributed by atoms with Crippen LogP contribution >= 0.6 is 0 Å². The average molecular weight is 256 g/mol. The molecular weight excluding hydrogens is 244 g/mol. The fourth-order valence-electron chi connectivity index (χ4n) is 2.14. The molecule has 2 heterocycles. The van der Waals surface area contributed by atoms with E-state index in [4.69, 9.17) is 0 Å². The van der Waals surface area contributed by atoms with Gasteiger partial charge in [-0.05, 0) is 25.3 Å². The van der Waals surface area contributed by atoms with Gasteiger partial charge in [0.25, 0.3) is 0 Å². The molecule has 6 nitrogen and oxygen atoms in total. The van der Waals surface area contributed by atoms with Gasteiger partial charge in [-0.1, -0.05) is 23.4 Å². The van der Waals surface area contributed by atoms with Crippen LogP contribution in [0, 0.1) is 6.92 Å². The van der Waals surface area contributed by atoms with Crippen LogP contribution in [0.25, 0.3) is 17.1 Å². The molecule has 19 heavy (non-hydrogen) atoms. The minimum Gasteiger partial charge on any atom is -0.296 e. The zero-order valence-electron chi connectivity index (χ0n) is 10.4. The first-order valence-electron chi connectivity index (χ1n) is 6.00. The van der Waals surface area contributed by atoms with Crippen LogP contribution < -0.4 is 5.76 Å². The molecule has 0 saturated carbocycles. The zero-order chi connectivity index (χ0) is 13.2. The fourth-order valence-corrected chi connectivity index (χ4v) is 2.14. The van der Waals surface area contributed by atoms with E-state index in [-0.39, 0.29) is 0 Å². The van der Waals surface area contributed by atoms with Crippen molar-refractivity contribution in [3.05, 3.63) is 46.4 Å². The lowest BCUT2D eigenvalue weighted by Gasteiger charge is -2.12. The van der Waals surface area contributed by atoms with Crippen LogP contribution in [0.2, 0.25) is 0 Å². The molecule has 2 aromatic heterocycles. The second kappa shape index (κ2) is 4.64. The summed E-state index contributed by atoms with van der Waals surface area (Å²) >= 11 is 0. The van der Waals surface area contributed by atoms with E-state index in [9.17, 15) is 4.79 Å². The van der Waals surface area contributed by atoms with Crippen molar-refractivity contribution < 1.29 is 4.52 Å². The number of H-pyrrole nitrogens is 1. The van der Waals surface area contributed by atoms with Crippen molar-refractivity contribution in [2.45, 2.75) is 19.8 Å². The van der Waals surface area contributed by atoms with Crippen LogP contribution in [0.15, 0.2) is 33.9 Å². The van der Waals surface area contributed by atoms with Crippen molar-refractivity contribution in [3.8, 4) is 11.5 Å². The van der Waals surface area contributed by atoms with Gasteiger partial charge in [0.05, 0.1) is 5.69 Å². The van der Waals surface area contributed by atoms with Crippen molar-refractivity contribution >= 4 is 5.57 Å². The molecule has 0 aliphatic heterocycles. The third-order valence-corrected chi connectivity index (χ3v) is 3.07. The molecule has 0 saturated heterocycles. The Balaban J connectivity index is 2.11. The predicted molar refractivity (Wildman–Crippen MR) is 69.2 cm³/mol. The first kappa shape index (κ1) is 11.6. The number of nitrogens with one attached hydrogen (secondary N) is 1. The standard InChI is InChI=1S/C13H12N4O2/c1-8-10(9-5-3-2-4-6-9)14-7-15-11(8)12-16-13(18)19-17-12/h2-3,5,7H,4,6H2,1H3,(H,16,17,18). The van der Waals surface area contributed by atoms with Crippen LogP contribution in [0.4, 0.5) is 0 Å². The van der Waals surface area contributed by atoms with Crippen LogP contribution in [0.3, 0.4) is 0 Å². The first-order valence-corrected chi connectivity index (χ1v) is 6.00. The van der Waals surface area contributed by atoms with Gasteiger partial charge in [0.2, 0.25) is 5.82 Å². The summed E-state index contributed by atoms with van der Waals surface area (Å²) in [6.45, 7) is 1.91. The van der Waals surface area contributed by atoms with Gasteiger partial charge in [-0.25, -0.2) is 14.8 Å². The maximum Gasteiger partial charge on any atom is 0.439 e. The molecule has 0 unspecified atom stereocenters. The van der Waals surface area contributed by atoms with Crippen molar-refractivity contribution in [2.75, 3.05) is 0 Å². The molecule has 1 N–H and O–H groups in total. The lowest BCUT2D eigenvalue weighted by Crippen LogP contribution is -2.02. The third-order valence-electron chi connectivity index (χ3n) is 3.07. The molecule has 6 heteroatoms. The van der Waals surface area contributed by atoms with Crippen LogP contribution in [0.5, 0.6) is 0 Å². The number of aromatic nitrogens is 4. The van der Waals surface area contributed by atoms with Gasteiger partial charge in [-0.15, -0.1) is 0 Å². The topological polar surface area (TPSA) is 84.7 Å². The molecule has 0 aromatic carbocycles. The highest BCUT2D eigenvalue weighted by atomic mass is 16.5. The Bertz CT molecular complexity index is 724. The summed E-state index contributed by atoms with van der Waals surface area (Å²) in [4.78, 5) is 22.0. The van der Waals surface area contributed by atoms with Crippen LogP contribution in [-0.2, 0) is 0 Å². The molecule has 0 radical (unpaired) electrons. The largest absolute Gasteiger partial charge is 0.439 e. The van der Waals surface area contributed by atoms with Crippen molar-refractivity contribution in [1.29, 1.82) is 0 Å². The van der Waals surface area contributed by atoms with Gasteiger partial charge < -0.3 is 0 Å². The fraction of sp³-hybridized carbons (Fsp3) is 0.231. The second-order valence-electron chi connectivity index (χ2n) is 4.30. The highest BCUT2D eigenvalue weighted by Gasteiger charge is 2.15. The first-order chi connectivity index (χ1) is 9.25. The SMILES string of the molecule is Cc1c(C2=CC=CCC2)ncnc1-c1noc(=O)[nH]1. The summed E-state index contributed by atoms with van der Waals surface area (Å²) in [6.07, 6.45) is 9.63. The monoisotopic (exact) mass is 256 g/mol. The molecule has 0 fully saturated rings. The lowest BCUT2D eigenvalue weighted by atomic mass is 9.98. The van der Waals surface area contributed by atoms with E-state index in [1.54, 1.807) is 0 Å². The number of nitrogens with zero attached hydrogens (tertiary/aromatic N) is 3. The predicted octanol–water partition coefficient (Wildman–Crippen LogP) is 1.86. The van der Waals surface area contributed by atoms with E-state index in [0.29, 0.717) is 11.5 Å². The van der Waals surface area contributed by atoms with E-state index < -0.39 is 5.76 Å².